The summed E-state index contributed by atoms with van der Waals surface area (Å²) in [5.74, 6) is -2.34. The second-order valence-corrected chi connectivity index (χ2v) is 11.3. The third-order valence-corrected chi connectivity index (χ3v) is 8.84. The highest BCUT2D eigenvalue weighted by Crippen LogP contribution is 2.65. The van der Waals surface area contributed by atoms with Crippen molar-refractivity contribution in [2.45, 2.75) is 64.2 Å². The molecule has 2 aromatic carbocycles. The smallest absolute Gasteiger partial charge is 0.250 e. The van der Waals surface area contributed by atoms with Gasteiger partial charge in [0.25, 0.3) is 0 Å². The molecule has 2 bridgehead atoms. The molecule has 5 rings (SSSR count). The van der Waals surface area contributed by atoms with Crippen LogP contribution in [0.25, 0.3) is 0 Å². The molecule has 8 heteroatoms. The summed E-state index contributed by atoms with van der Waals surface area (Å²) in [6.45, 7) is 8.15. The number of carbonyl (C=O) groups is 3. The van der Waals surface area contributed by atoms with E-state index in [4.69, 9.17) is 4.74 Å². The number of aryl methyl sites for hydroxylation is 2. The summed E-state index contributed by atoms with van der Waals surface area (Å²) in [6.07, 6.45) is 1.57. The number of unbranched alkanes of at least 4 members (excludes halogenated alkanes) is 1. The lowest BCUT2D eigenvalue weighted by molar-refractivity contribution is -0.144. The lowest BCUT2D eigenvalue weighted by Crippen LogP contribution is -2.54. The third-order valence-electron chi connectivity index (χ3n) is 8.84. The van der Waals surface area contributed by atoms with Crippen LogP contribution in [-0.2, 0) is 19.1 Å². The van der Waals surface area contributed by atoms with E-state index in [-0.39, 0.29) is 30.2 Å². The van der Waals surface area contributed by atoms with Gasteiger partial charge in [-0.25, -0.2) is 0 Å². The number of ether oxygens (including phenoxy) is 1. The van der Waals surface area contributed by atoms with Crippen LogP contribution in [0.5, 0.6) is 0 Å². The van der Waals surface area contributed by atoms with Crippen LogP contribution in [0.2, 0.25) is 0 Å². The van der Waals surface area contributed by atoms with Gasteiger partial charge in [-0.15, -0.1) is 0 Å². The first-order valence-electron chi connectivity index (χ1n) is 13.5. The molecule has 3 amide bonds. The van der Waals surface area contributed by atoms with E-state index in [9.17, 15) is 19.5 Å². The maximum atomic E-state index is 14.1. The van der Waals surface area contributed by atoms with Crippen LogP contribution in [0.15, 0.2) is 48.5 Å². The van der Waals surface area contributed by atoms with Gasteiger partial charge in [0.2, 0.25) is 17.7 Å². The zero-order chi connectivity index (χ0) is 27.2. The predicted octanol–water partition coefficient (Wildman–Crippen LogP) is 3.66. The second-order valence-electron chi connectivity index (χ2n) is 11.3. The minimum atomic E-state index is -1.11. The average molecular weight is 520 g/mol. The molecular formula is C30H37N3O5. The topological polar surface area (TPSA) is 108 Å². The molecule has 3 aliphatic heterocycles. The van der Waals surface area contributed by atoms with Crippen molar-refractivity contribution in [3.63, 3.8) is 0 Å². The van der Waals surface area contributed by atoms with E-state index in [0.29, 0.717) is 37.2 Å². The Morgan fingerprint density at radius 3 is 2.53 bits per heavy atom. The Morgan fingerprint density at radius 1 is 1.08 bits per heavy atom. The first kappa shape index (κ1) is 26.4. The van der Waals surface area contributed by atoms with Gasteiger partial charge >= 0.3 is 0 Å². The number of nitrogens with one attached hydrogen (secondary N) is 2. The summed E-state index contributed by atoms with van der Waals surface area (Å²) >= 11 is 0. The molecule has 2 aromatic rings. The van der Waals surface area contributed by atoms with Crippen molar-refractivity contribution in [1.82, 2.24) is 4.90 Å². The van der Waals surface area contributed by atoms with E-state index in [2.05, 4.69) is 10.6 Å². The molecular weight excluding hydrogens is 482 g/mol. The van der Waals surface area contributed by atoms with Gasteiger partial charge < -0.3 is 25.4 Å². The quantitative estimate of drug-likeness (QED) is 0.462. The van der Waals surface area contributed by atoms with Crippen molar-refractivity contribution < 1.29 is 24.2 Å². The fourth-order valence-corrected chi connectivity index (χ4v) is 6.89. The molecule has 1 spiro atoms. The lowest BCUT2D eigenvalue weighted by Gasteiger charge is -2.36. The number of aliphatic hydroxyl groups is 1. The van der Waals surface area contributed by atoms with Crippen LogP contribution in [0, 0.1) is 31.6 Å². The first-order chi connectivity index (χ1) is 18.1. The molecule has 0 aliphatic carbocycles. The second kappa shape index (κ2) is 9.82. The van der Waals surface area contributed by atoms with E-state index >= 15 is 0 Å². The number of anilines is 2. The van der Waals surface area contributed by atoms with Crippen LogP contribution >= 0.6 is 0 Å². The van der Waals surface area contributed by atoms with E-state index < -0.39 is 29.1 Å². The van der Waals surface area contributed by atoms with E-state index in [1.165, 1.54) is 0 Å². The highest BCUT2D eigenvalue weighted by Gasteiger charge is 2.79. The van der Waals surface area contributed by atoms with Crippen LogP contribution in [-0.4, -0.2) is 58.1 Å². The van der Waals surface area contributed by atoms with E-state index in [1.807, 2.05) is 76.2 Å². The fourth-order valence-electron chi connectivity index (χ4n) is 6.89. The molecule has 0 saturated carbocycles. The molecule has 8 nitrogen and oxygen atoms in total. The predicted molar refractivity (Wildman–Crippen MR) is 144 cm³/mol. The standard InChI is InChI=1S/C30H37N3O5/c1-18-12-13-19(2)22(16-18)32-27(36)25-30-17-20(3)29(4,38-30)23(26(35)31-21-10-6-5-7-11-21)24(30)28(37)33(25)14-8-9-15-34/h5-7,10-13,16,20,23-25,34H,8-9,14-15,17H2,1-4H3,(H,31,35)(H,32,36)/t20?,23-,24+,25?,29+,30?/m1/s1. The van der Waals surface area contributed by atoms with Gasteiger partial charge in [-0.3, -0.25) is 14.4 Å². The van der Waals surface area contributed by atoms with Gasteiger partial charge in [0, 0.05) is 24.5 Å². The number of para-hydroxylation sites is 1. The van der Waals surface area contributed by atoms with Crippen molar-refractivity contribution in [3.8, 4) is 0 Å². The Labute approximate surface area is 223 Å². The number of carbonyl (C=O) groups excluding carboxylic acids is 3. The number of benzene rings is 2. The van der Waals surface area contributed by atoms with Crippen molar-refractivity contribution in [2.24, 2.45) is 17.8 Å². The zero-order valence-electron chi connectivity index (χ0n) is 22.5. The van der Waals surface area contributed by atoms with E-state index in [1.54, 1.807) is 4.90 Å². The van der Waals surface area contributed by atoms with Crippen LogP contribution < -0.4 is 10.6 Å². The lowest BCUT2D eigenvalue weighted by atomic mass is 9.62. The van der Waals surface area contributed by atoms with Crippen molar-refractivity contribution in [3.05, 3.63) is 59.7 Å². The number of aliphatic hydroxyl groups excluding tert-OH is 1. The fraction of sp³-hybridized carbons (Fsp3) is 0.500. The Hall–Kier alpha value is -3.23. The number of hydrogen-bond donors (Lipinski definition) is 3. The monoisotopic (exact) mass is 519 g/mol. The van der Waals surface area contributed by atoms with Crippen molar-refractivity contribution >= 4 is 29.1 Å². The normalized spacial score (nSPS) is 31.4. The molecule has 38 heavy (non-hydrogen) atoms. The Balaban J connectivity index is 1.53. The summed E-state index contributed by atoms with van der Waals surface area (Å²) in [4.78, 5) is 43.5. The Bertz CT molecular complexity index is 1250. The summed E-state index contributed by atoms with van der Waals surface area (Å²) < 4.78 is 6.75. The number of hydrogen-bond acceptors (Lipinski definition) is 5. The molecule has 3 unspecified atom stereocenters. The molecule has 6 atom stereocenters. The Morgan fingerprint density at radius 2 is 1.82 bits per heavy atom. The molecule has 0 aromatic heterocycles. The average Bonchev–Trinajstić information content (AvgIpc) is 3.39. The molecule has 202 valence electrons. The van der Waals surface area contributed by atoms with Crippen LogP contribution in [0.1, 0.15) is 44.2 Å². The molecule has 3 heterocycles. The summed E-state index contributed by atoms with van der Waals surface area (Å²) in [5, 5.41) is 15.4. The minimum absolute atomic E-state index is 0.00363. The maximum Gasteiger partial charge on any atom is 0.250 e. The highest BCUT2D eigenvalue weighted by molar-refractivity contribution is 6.05. The zero-order valence-corrected chi connectivity index (χ0v) is 22.5. The minimum Gasteiger partial charge on any atom is -0.396 e. The number of nitrogens with zero attached hydrogens (tertiary/aromatic N) is 1. The number of fused-ring (bicyclic) bond motifs is 1. The summed E-state index contributed by atoms with van der Waals surface area (Å²) in [7, 11) is 0. The van der Waals surface area contributed by atoms with Gasteiger partial charge in [-0.05, 0) is 75.3 Å². The van der Waals surface area contributed by atoms with Gasteiger partial charge in [-0.2, -0.15) is 0 Å². The number of likely N-dealkylation sites (tertiary alicyclic amines) is 1. The summed E-state index contributed by atoms with van der Waals surface area (Å²) in [6, 6.07) is 14.2. The highest BCUT2D eigenvalue weighted by atomic mass is 16.5. The van der Waals surface area contributed by atoms with Gasteiger partial charge in [0.05, 0.1) is 17.4 Å². The van der Waals surface area contributed by atoms with Gasteiger partial charge in [0.1, 0.15) is 11.6 Å². The molecule has 3 aliphatic rings. The number of amides is 3. The van der Waals surface area contributed by atoms with Crippen LogP contribution in [0.4, 0.5) is 11.4 Å². The number of rotatable bonds is 8. The third kappa shape index (κ3) is 4.10. The molecule has 3 saturated heterocycles. The SMILES string of the molecule is Cc1ccc(C)c(NC(=O)C2N(CCCCO)C(=O)[C@@H]3[C@H](C(=O)Nc4ccccc4)[C@@]4(C)OC23CC4C)c1. The summed E-state index contributed by atoms with van der Waals surface area (Å²) in [5.41, 5.74) is 1.30. The molecule has 3 N–H and O–H groups in total. The first-order valence-corrected chi connectivity index (χ1v) is 13.5. The molecule has 3 fully saturated rings. The van der Waals surface area contributed by atoms with Crippen LogP contribution in [0.3, 0.4) is 0 Å². The Kier molecular flexibility index (Phi) is 6.82. The van der Waals surface area contributed by atoms with Gasteiger partial charge in [0.15, 0.2) is 0 Å². The largest absolute Gasteiger partial charge is 0.396 e. The van der Waals surface area contributed by atoms with E-state index in [0.717, 1.165) is 11.1 Å². The molecule has 0 radical (unpaired) electrons. The van der Waals surface area contributed by atoms with Gasteiger partial charge in [-0.1, -0.05) is 37.3 Å². The maximum absolute atomic E-state index is 14.1. The van der Waals surface area contributed by atoms with Crippen molar-refractivity contribution in [2.75, 3.05) is 23.8 Å². The van der Waals surface area contributed by atoms with Crippen molar-refractivity contribution in [1.29, 1.82) is 0 Å².